The van der Waals surface area contributed by atoms with Gasteiger partial charge < -0.3 is 14.7 Å². The van der Waals surface area contributed by atoms with Crippen LogP contribution in [0.5, 0.6) is 0 Å². The number of rotatable bonds is 5. The lowest BCUT2D eigenvalue weighted by atomic mass is 9.47. The quantitative estimate of drug-likeness (QED) is 0.415. The molecular formula is C34H41NO5. The second-order valence-electron chi connectivity index (χ2n) is 12.6. The number of anilines is 1. The predicted molar refractivity (Wildman–Crippen MR) is 155 cm³/mol. The molecule has 0 heterocycles. The third-order valence-corrected chi connectivity index (χ3v) is 10.4. The van der Waals surface area contributed by atoms with E-state index in [-0.39, 0.29) is 48.5 Å². The number of ether oxygens (including phenoxy) is 1. The van der Waals surface area contributed by atoms with Gasteiger partial charge in [0.1, 0.15) is 6.61 Å². The summed E-state index contributed by atoms with van der Waals surface area (Å²) in [6.45, 7) is 5.13. The fourth-order valence-corrected chi connectivity index (χ4v) is 8.50. The normalized spacial score (nSPS) is 32.6. The number of benzene rings is 1. The van der Waals surface area contributed by atoms with Crippen LogP contribution in [-0.2, 0) is 19.1 Å². The second-order valence-corrected chi connectivity index (χ2v) is 12.6. The minimum absolute atomic E-state index is 0.0801. The van der Waals surface area contributed by atoms with Gasteiger partial charge in [-0.25, -0.2) is 0 Å². The maximum Gasteiger partial charge on any atom is 0.303 e. The number of esters is 1. The SMILES string of the molecule is CC(=O)OCC(=O)[C@]1(C#CCO)CC[C@H]2[C@@H]3CC(C)C4=CC(=O)CCC4=C3[C@@H](c3ccc(N(C)C)cc3)C[C@@]21C. The Bertz CT molecular complexity index is 1340. The molecule has 5 rings (SSSR count). The fraction of sp³-hybridized carbons (Fsp3) is 0.559. The third-order valence-electron chi connectivity index (χ3n) is 10.4. The molecule has 6 nitrogen and oxygen atoms in total. The van der Waals surface area contributed by atoms with Crippen molar-refractivity contribution in [3.05, 3.63) is 52.6 Å². The summed E-state index contributed by atoms with van der Waals surface area (Å²) in [7, 11) is 4.06. The number of aliphatic hydroxyl groups excluding tert-OH is 1. The van der Waals surface area contributed by atoms with Crippen molar-refractivity contribution in [3.8, 4) is 11.8 Å². The fourth-order valence-electron chi connectivity index (χ4n) is 8.50. The smallest absolute Gasteiger partial charge is 0.303 e. The maximum atomic E-state index is 14.0. The summed E-state index contributed by atoms with van der Waals surface area (Å²) in [5.74, 6) is 6.50. The van der Waals surface area contributed by atoms with Gasteiger partial charge >= 0.3 is 5.97 Å². The molecule has 40 heavy (non-hydrogen) atoms. The van der Waals surface area contributed by atoms with Crippen molar-refractivity contribution in [1.82, 2.24) is 0 Å². The van der Waals surface area contributed by atoms with Crippen molar-refractivity contribution >= 4 is 23.2 Å². The highest BCUT2D eigenvalue weighted by atomic mass is 16.5. The molecule has 4 aliphatic rings. The Morgan fingerprint density at radius 1 is 1.18 bits per heavy atom. The van der Waals surface area contributed by atoms with Gasteiger partial charge in [-0.1, -0.05) is 43.4 Å². The minimum atomic E-state index is -1.00. The lowest BCUT2D eigenvalue weighted by Gasteiger charge is -2.55. The molecule has 4 aliphatic carbocycles. The molecule has 0 bridgehead atoms. The van der Waals surface area contributed by atoms with E-state index in [1.54, 1.807) is 0 Å². The molecule has 1 N–H and O–H groups in total. The van der Waals surface area contributed by atoms with E-state index in [9.17, 15) is 19.5 Å². The van der Waals surface area contributed by atoms with Gasteiger partial charge in [0.05, 0.1) is 5.41 Å². The van der Waals surface area contributed by atoms with E-state index in [2.05, 4.69) is 54.9 Å². The molecule has 0 amide bonds. The summed E-state index contributed by atoms with van der Waals surface area (Å²) in [5.41, 5.74) is 4.88. The van der Waals surface area contributed by atoms with Gasteiger partial charge in [0, 0.05) is 39.0 Å². The largest absolute Gasteiger partial charge is 0.458 e. The van der Waals surface area contributed by atoms with Crippen molar-refractivity contribution in [2.24, 2.45) is 28.6 Å². The van der Waals surface area contributed by atoms with Crippen LogP contribution in [0, 0.1) is 40.4 Å². The number of carbonyl (C=O) groups excluding carboxylic acids is 3. The minimum Gasteiger partial charge on any atom is -0.458 e. The highest BCUT2D eigenvalue weighted by molar-refractivity contribution is 5.93. The number of hydrogen-bond donors (Lipinski definition) is 1. The first-order valence-electron chi connectivity index (χ1n) is 14.5. The average molecular weight is 544 g/mol. The van der Waals surface area contributed by atoms with Gasteiger partial charge in [0.25, 0.3) is 0 Å². The molecule has 0 spiro atoms. The molecule has 0 radical (unpaired) electrons. The molecule has 2 saturated carbocycles. The van der Waals surface area contributed by atoms with Crippen molar-refractivity contribution in [2.45, 2.75) is 65.2 Å². The summed E-state index contributed by atoms with van der Waals surface area (Å²) in [4.78, 5) is 40.2. The summed E-state index contributed by atoms with van der Waals surface area (Å²) in [6, 6.07) is 8.71. The summed E-state index contributed by atoms with van der Waals surface area (Å²) in [5, 5.41) is 9.68. The van der Waals surface area contributed by atoms with Gasteiger partial charge in [-0.15, -0.1) is 0 Å². The summed E-state index contributed by atoms with van der Waals surface area (Å²) >= 11 is 0. The highest BCUT2D eigenvalue weighted by Crippen LogP contribution is 2.70. The van der Waals surface area contributed by atoms with E-state index >= 15 is 0 Å². The number of hydrogen-bond acceptors (Lipinski definition) is 6. The van der Waals surface area contributed by atoms with Crippen molar-refractivity contribution in [3.63, 3.8) is 0 Å². The Hall–Kier alpha value is -3.17. The van der Waals surface area contributed by atoms with Crippen LogP contribution in [0.4, 0.5) is 5.69 Å². The number of nitrogens with zero attached hydrogens (tertiary/aromatic N) is 1. The zero-order chi connectivity index (χ0) is 28.8. The van der Waals surface area contributed by atoms with Crippen molar-refractivity contribution in [1.29, 1.82) is 0 Å². The number of Topliss-reactive ketones (excluding diaryl/α,β-unsaturated/α-hetero) is 1. The lowest BCUT2D eigenvalue weighted by molar-refractivity contribution is -0.150. The van der Waals surface area contributed by atoms with E-state index in [0.29, 0.717) is 12.8 Å². The Balaban J connectivity index is 1.69. The van der Waals surface area contributed by atoms with Crippen LogP contribution in [0.3, 0.4) is 0 Å². The Kier molecular flexibility index (Phi) is 7.56. The van der Waals surface area contributed by atoms with Gasteiger partial charge in [0.2, 0.25) is 0 Å². The third kappa shape index (κ3) is 4.53. The van der Waals surface area contributed by atoms with E-state index in [1.165, 1.54) is 29.2 Å². The maximum absolute atomic E-state index is 14.0. The molecule has 0 saturated heterocycles. The molecule has 0 aromatic heterocycles. The highest BCUT2D eigenvalue weighted by Gasteiger charge is 2.66. The number of ketones is 2. The van der Waals surface area contributed by atoms with Crippen LogP contribution in [0.15, 0.2) is 47.1 Å². The standard InChI is InChI=1S/C34H41NO5/c1-21-17-28-30-13-15-34(14-6-16-36,31(39)20-40-22(2)37)33(30,3)19-29(23-7-9-24(10-8-23)35(4)5)32(28)26-12-11-25(38)18-27(21)26/h7-10,18,21,28-30,36H,11-13,15-17,19-20H2,1-5H3/t21?,28-,29+,30-,33-,34-/m0/s1. The van der Waals surface area contributed by atoms with Crippen LogP contribution in [0.1, 0.15) is 70.8 Å². The molecule has 1 unspecified atom stereocenters. The monoisotopic (exact) mass is 543 g/mol. The lowest BCUT2D eigenvalue weighted by Crippen LogP contribution is -2.52. The first-order valence-corrected chi connectivity index (χ1v) is 14.5. The number of aliphatic hydroxyl groups is 1. The second kappa shape index (κ2) is 10.7. The summed E-state index contributed by atoms with van der Waals surface area (Å²) in [6.07, 6.45) is 6.31. The van der Waals surface area contributed by atoms with Crippen molar-refractivity contribution in [2.75, 3.05) is 32.2 Å². The topological polar surface area (TPSA) is 83.9 Å². The Morgan fingerprint density at radius 2 is 1.90 bits per heavy atom. The van der Waals surface area contributed by atoms with Crippen LogP contribution in [0.2, 0.25) is 0 Å². The molecule has 1 aromatic rings. The van der Waals surface area contributed by atoms with Crippen LogP contribution < -0.4 is 4.90 Å². The molecule has 1 aromatic carbocycles. The molecule has 2 fully saturated rings. The Labute approximate surface area is 237 Å². The molecule has 212 valence electrons. The van der Waals surface area contributed by atoms with Crippen LogP contribution >= 0.6 is 0 Å². The number of carbonyl (C=O) groups is 3. The molecule has 0 aliphatic heterocycles. The Morgan fingerprint density at radius 3 is 2.55 bits per heavy atom. The number of allylic oxidation sites excluding steroid dienone is 4. The van der Waals surface area contributed by atoms with Gasteiger partial charge in [-0.2, -0.15) is 0 Å². The first kappa shape index (κ1) is 28.4. The van der Waals surface area contributed by atoms with Crippen LogP contribution in [0.25, 0.3) is 0 Å². The van der Waals surface area contributed by atoms with Crippen molar-refractivity contribution < 1.29 is 24.2 Å². The average Bonchev–Trinajstić information content (AvgIpc) is 3.23. The predicted octanol–water partition coefficient (Wildman–Crippen LogP) is 5.01. The van der Waals surface area contributed by atoms with E-state index in [0.717, 1.165) is 31.4 Å². The zero-order valence-electron chi connectivity index (χ0n) is 24.4. The van der Waals surface area contributed by atoms with E-state index in [4.69, 9.17) is 4.74 Å². The van der Waals surface area contributed by atoms with Gasteiger partial charge in [-0.3, -0.25) is 14.4 Å². The summed E-state index contributed by atoms with van der Waals surface area (Å²) < 4.78 is 5.23. The van der Waals surface area contributed by atoms with Gasteiger partial charge in [0.15, 0.2) is 18.2 Å². The molecular weight excluding hydrogens is 502 g/mol. The van der Waals surface area contributed by atoms with E-state index in [1.807, 2.05) is 20.2 Å². The zero-order valence-corrected chi connectivity index (χ0v) is 24.4. The van der Waals surface area contributed by atoms with E-state index < -0.39 is 16.8 Å². The molecule has 6 atom stereocenters. The first-order chi connectivity index (χ1) is 19.0. The molecule has 6 heteroatoms. The van der Waals surface area contributed by atoms with Gasteiger partial charge in [-0.05, 0) is 90.2 Å². The number of fused-ring (bicyclic) bond motifs is 4. The van der Waals surface area contributed by atoms with Crippen LogP contribution in [-0.4, -0.2) is 50.0 Å².